The van der Waals surface area contributed by atoms with Crippen LogP contribution in [0.4, 0.5) is 0 Å². The van der Waals surface area contributed by atoms with Gasteiger partial charge in [-0.2, -0.15) is 0 Å². The molecular weight excluding hydrogens is 144 g/mol. The zero-order valence-corrected chi connectivity index (χ0v) is 7.51. The summed E-state index contributed by atoms with van der Waals surface area (Å²) < 4.78 is 0. The average Bonchev–Trinajstić information content (AvgIpc) is 2.27. The Labute approximate surface area is 74.3 Å². The van der Waals surface area contributed by atoms with Crippen molar-refractivity contribution >= 4 is 0 Å². The Morgan fingerprint density at radius 2 is 1.83 bits per heavy atom. The third-order valence-corrected chi connectivity index (χ3v) is 1.96. The van der Waals surface area contributed by atoms with Crippen LogP contribution in [0, 0.1) is 0 Å². The summed E-state index contributed by atoms with van der Waals surface area (Å²) in [7, 11) is 0. The predicted molar refractivity (Wildman–Crippen MR) is 54.9 cm³/mol. The van der Waals surface area contributed by atoms with Gasteiger partial charge in [0, 0.05) is 0 Å². The third-order valence-electron chi connectivity index (χ3n) is 1.96. The van der Waals surface area contributed by atoms with Crippen molar-refractivity contribution in [2.24, 2.45) is 0 Å². The van der Waals surface area contributed by atoms with Crippen LogP contribution in [-0.4, -0.2) is 0 Å². The highest BCUT2D eigenvalue weighted by atomic mass is 14.0. The Kier molecular flexibility index (Phi) is 2.87. The van der Waals surface area contributed by atoms with E-state index in [-0.39, 0.29) is 0 Å². The van der Waals surface area contributed by atoms with Gasteiger partial charge in [-0.25, -0.2) is 0 Å². The van der Waals surface area contributed by atoms with E-state index in [0.717, 1.165) is 12.0 Å². The van der Waals surface area contributed by atoms with Crippen molar-refractivity contribution in [3.63, 3.8) is 0 Å². The van der Waals surface area contributed by atoms with E-state index in [9.17, 15) is 0 Å². The third kappa shape index (κ3) is 1.85. The minimum Gasteiger partial charge on any atom is -0.0985 e. The van der Waals surface area contributed by atoms with Gasteiger partial charge < -0.3 is 0 Å². The highest BCUT2D eigenvalue weighted by Gasteiger charge is 1.99. The Balaban J connectivity index is 3.05. The Bertz CT molecular complexity index is 285. The maximum Gasteiger partial charge on any atom is -0.0129 e. The predicted octanol–water partition coefficient (Wildman–Crippen LogP) is 3.56. The van der Waals surface area contributed by atoms with Crippen LogP contribution >= 0.6 is 0 Å². The van der Waals surface area contributed by atoms with E-state index in [1.54, 1.807) is 0 Å². The quantitative estimate of drug-likeness (QED) is 0.576. The molecule has 0 unspecified atom stereocenters. The van der Waals surface area contributed by atoms with E-state index in [1.165, 1.54) is 11.1 Å². The van der Waals surface area contributed by atoms with Crippen molar-refractivity contribution in [3.8, 4) is 0 Å². The molecule has 1 rings (SSSR count). The van der Waals surface area contributed by atoms with Gasteiger partial charge in [0.1, 0.15) is 0 Å². The highest BCUT2D eigenvalue weighted by Crippen LogP contribution is 2.19. The summed E-state index contributed by atoms with van der Waals surface area (Å²) in [5.74, 6) is 0. The molecule has 0 fully saturated rings. The molecule has 0 heteroatoms. The van der Waals surface area contributed by atoms with Crippen molar-refractivity contribution in [3.05, 3.63) is 60.3 Å². The molecule has 0 atom stereocenters. The molecule has 0 aromatic rings. The van der Waals surface area contributed by atoms with Gasteiger partial charge in [-0.05, 0) is 24.5 Å². The lowest BCUT2D eigenvalue weighted by atomic mass is 10.1. The number of hydrogen-bond acceptors (Lipinski definition) is 0. The lowest BCUT2D eigenvalue weighted by Gasteiger charge is -1.99. The summed E-state index contributed by atoms with van der Waals surface area (Å²) >= 11 is 0. The molecule has 0 aliphatic heterocycles. The van der Waals surface area contributed by atoms with Crippen molar-refractivity contribution in [2.75, 3.05) is 0 Å². The molecule has 0 spiro atoms. The SMILES string of the molecule is C=CC1=CC=C(C)CC=C1C=C. The molecule has 0 aromatic heterocycles. The molecule has 0 amide bonds. The van der Waals surface area contributed by atoms with Crippen LogP contribution < -0.4 is 0 Å². The summed E-state index contributed by atoms with van der Waals surface area (Å²) in [5.41, 5.74) is 3.70. The van der Waals surface area contributed by atoms with Gasteiger partial charge in [0.05, 0.1) is 0 Å². The zero-order valence-electron chi connectivity index (χ0n) is 7.51. The molecule has 62 valence electrons. The maximum atomic E-state index is 3.77. The van der Waals surface area contributed by atoms with E-state index < -0.39 is 0 Å². The second-order valence-corrected chi connectivity index (χ2v) is 2.91. The van der Waals surface area contributed by atoms with Crippen LogP contribution in [0.2, 0.25) is 0 Å². The van der Waals surface area contributed by atoms with E-state index in [1.807, 2.05) is 12.2 Å². The maximum absolute atomic E-state index is 3.77. The molecule has 0 nitrogen and oxygen atoms in total. The van der Waals surface area contributed by atoms with Gasteiger partial charge in [-0.3, -0.25) is 0 Å². The first-order valence-corrected chi connectivity index (χ1v) is 4.11. The minimum atomic E-state index is 1.01. The number of hydrogen-bond donors (Lipinski definition) is 0. The first-order valence-electron chi connectivity index (χ1n) is 4.11. The Hall–Kier alpha value is -1.30. The fraction of sp³-hybridized carbons (Fsp3) is 0.167. The van der Waals surface area contributed by atoms with E-state index in [2.05, 4.69) is 38.3 Å². The topological polar surface area (TPSA) is 0 Å². The summed E-state index contributed by atoms with van der Waals surface area (Å²) in [6.45, 7) is 9.66. The summed E-state index contributed by atoms with van der Waals surface area (Å²) in [5, 5.41) is 0. The van der Waals surface area contributed by atoms with Crippen molar-refractivity contribution in [1.29, 1.82) is 0 Å². The van der Waals surface area contributed by atoms with Crippen molar-refractivity contribution in [2.45, 2.75) is 13.3 Å². The van der Waals surface area contributed by atoms with E-state index in [4.69, 9.17) is 0 Å². The largest absolute Gasteiger partial charge is 0.0985 e. The number of rotatable bonds is 2. The summed E-state index contributed by atoms with van der Waals surface area (Å²) in [6.07, 6.45) is 11.1. The summed E-state index contributed by atoms with van der Waals surface area (Å²) in [6, 6.07) is 0. The molecular formula is C12H14. The Morgan fingerprint density at radius 1 is 1.17 bits per heavy atom. The molecule has 0 bridgehead atoms. The molecule has 0 heterocycles. The first-order chi connectivity index (χ1) is 5.77. The molecule has 0 saturated heterocycles. The molecule has 0 saturated carbocycles. The molecule has 1 aliphatic rings. The molecule has 0 radical (unpaired) electrons. The van der Waals surface area contributed by atoms with Crippen LogP contribution in [0.5, 0.6) is 0 Å². The van der Waals surface area contributed by atoms with Gasteiger partial charge in [0.25, 0.3) is 0 Å². The second kappa shape index (κ2) is 3.91. The smallest absolute Gasteiger partial charge is 0.0129 e. The van der Waals surface area contributed by atoms with E-state index >= 15 is 0 Å². The standard InChI is InChI=1S/C12H14/c1-4-11-8-6-10(3)7-9-12(11)5-2/h4-6,8-9H,1-2,7H2,3H3. The fourth-order valence-electron chi connectivity index (χ4n) is 1.17. The van der Waals surface area contributed by atoms with E-state index in [0.29, 0.717) is 0 Å². The first kappa shape index (κ1) is 8.79. The van der Waals surface area contributed by atoms with Gasteiger partial charge >= 0.3 is 0 Å². The molecule has 1 aliphatic carbocycles. The lowest BCUT2D eigenvalue weighted by molar-refractivity contribution is 1.21. The average molecular weight is 158 g/mol. The van der Waals surface area contributed by atoms with Crippen molar-refractivity contribution in [1.82, 2.24) is 0 Å². The normalized spacial score (nSPS) is 16.9. The highest BCUT2D eigenvalue weighted by molar-refractivity contribution is 5.49. The van der Waals surface area contributed by atoms with Crippen molar-refractivity contribution < 1.29 is 0 Å². The monoisotopic (exact) mass is 158 g/mol. The Morgan fingerprint density at radius 3 is 2.42 bits per heavy atom. The van der Waals surface area contributed by atoms with Crippen LogP contribution in [0.25, 0.3) is 0 Å². The number of allylic oxidation sites excluding steroid dienone is 8. The van der Waals surface area contributed by atoms with Gasteiger partial charge in [0.15, 0.2) is 0 Å². The van der Waals surface area contributed by atoms with Crippen LogP contribution in [-0.2, 0) is 0 Å². The molecule has 12 heavy (non-hydrogen) atoms. The van der Waals surface area contributed by atoms with Crippen LogP contribution in [0.1, 0.15) is 13.3 Å². The van der Waals surface area contributed by atoms with Crippen LogP contribution in [0.15, 0.2) is 60.3 Å². The van der Waals surface area contributed by atoms with Gasteiger partial charge in [0.2, 0.25) is 0 Å². The van der Waals surface area contributed by atoms with Gasteiger partial charge in [-0.15, -0.1) is 0 Å². The lowest BCUT2D eigenvalue weighted by Crippen LogP contribution is -1.79. The van der Waals surface area contributed by atoms with Gasteiger partial charge in [-0.1, -0.05) is 49.1 Å². The van der Waals surface area contributed by atoms with Crippen LogP contribution in [0.3, 0.4) is 0 Å². The summed E-state index contributed by atoms with van der Waals surface area (Å²) in [4.78, 5) is 0. The molecule has 0 aromatic carbocycles. The minimum absolute atomic E-state index is 1.01. The fourth-order valence-corrected chi connectivity index (χ4v) is 1.17. The molecule has 0 N–H and O–H groups in total. The second-order valence-electron chi connectivity index (χ2n) is 2.91. The zero-order chi connectivity index (χ0) is 8.97.